The third-order valence-corrected chi connectivity index (χ3v) is 5.56. The molecular weight excluding hydrogens is 296 g/mol. The molecule has 4 heteroatoms. The maximum absolute atomic E-state index is 11.8. The maximum Gasteiger partial charge on any atom is 0.219 e. The van der Waals surface area contributed by atoms with Gasteiger partial charge in [0.25, 0.3) is 0 Å². The molecule has 0 radical (unpaired) electrons. The number of nitrogens with zero attached hydrogens (tertiary/aromatic N) is 2. The number of halogens is 1. The molecule has 3 nitrogen and oxygen atoms in total. The first-order chi connectivity index (χ1) is 10.7. The van der Waals surface area contributed by atoms with E-state index in [1.54, 1.807) is 6.92 Å². The predicted octanol–water partition coefficient (Wildman–Crippen LogP) is 3.36. The molecule has 1 aromatic rings. The molecule has 120 valence electrons. The highest BCUT2D eigenvalue weighted by atomic mass is 35.5. The van der Waals surface area contributed by atoms with Crippen LogP contribution in [0.3, 0.4) is 0 Å². The Kier molecular flexibility index (Phi) is 5.04. The van der Waals surface area contributed by atoms with Crippen LogP contribution in [0.15, 0.2) is 24.3 Å². The summed E-state index contributed by atoms with van der Waals surface area (Å²) in [6, 6.07) is 9.07. The quantitative estimate of drug-likeness (QED) is 0.849. The number of likely N-dealkylation sites (tertiary alicyclic amines) is 2. The normalized spacial score (nSPS) is 25.8. The summed E-state index contributed by atoms with van der Waals surface area (Å²) in [5.41, 5.74) is 1.23. The van der Waals surface area contributed by atoms with Crippen LogP contribution in [0.1, 0.15) is 38.2 Å². The molecule has 2 saturated heterocycles. The molecule has 1 aromatic carbocycles. The van der Waals surface area contributed by atoms with Gasteiger partial charge in [-0.25, -0.2) is 0 Å². The van der Waals surface area contributed by atoms with Gasteiger partial charge in [0.05, 0.1) is 0 Å². The Labute approximate surface area is 138 Å². The van der Waals surface area contributed by atoms with E-state index in [2.05, 4.69) is 21.9 Å². The zero-order valence-corrected chi connectivity index (χ0v) is 14.1. The molecule has 0 aromatic heterocycles. The summed E-state index contributed by atoms with van der Waals surface area (Å²) in [4.78, 5) is 16.5. The van der Waals surface area contributed by atoms with Gasteiger partial charge in [-0.15, -0.1) is 0 Å². The standard InChI is InChI=1S/C18H25ClN2O/c1-14(22)21-12-5-9-18(21)17-8-4-11-20(17)13-10-15-6-2-3-7-16(15)19/h2-3,6-7,17-18H,4-5,8-13H2,1H3/t17-,18+/m0/s1. The Balaban J connectivity index is 1.63. The van der Waals surface area contributed by atoms with Crippen LogP contribution in [-0.2, 0) is 11.2 Å². The van der Waals surface area contributed by atoms with E-state index in [0.29, 0.717) is 12.1 Å². The summed E-state index contributed by atoms with van der Waals surface area (Å²) in [5, 5.41) is 0.865. The van der Waals surface area contributed by atoms with Crippen molar-refractivity contribution in [3.05, 3.63) is 34.9 Å². The fourth-order valence-electron chi connectivity index (χ4n) is 4.11. The van der Waals surface area contributed by atoms with Crippen molar-refractivity contribution < 1.29 is 4.79 Å². The molecule has 22 heavy (non-hydrogen) atoms. The van der Waals surface area contributed by atoms with Crippen LogP contribution in [0.4, 0.5) is 0 Å². The molecule has 0 spiro atoms. The monoisotopic (exact) mass is 320 g/mol. The van der Waals surface area contributed by atoms with Crippen LogP contribution in [0.2, 0.25) is 5.02 Å². The number of benzene rings is 1. The lowest BCUT2D eigenvalue weighted by atomic mass is 10.0. The van der Waals surface area contributed by atoms with Crippen molar-refractivity contribution in [2.75, 3.05) is 19.6 Å². The first-order valence-electron chi connectivity index (χ1n) is 8.41. The highest BCUT2D eigenvalue weighted by molar-refractivity contribution is 6.31. The number of hydrogen-bond acceptors (Lipinski definition) is 2. The second-order valence-electron chi connectivity index (χ2n) is 6.51. The largest absolute Gasteiger partial charge is 0.338 e. The summed E-state index contributed by atoms with van der Waals surface area (Å²) >= 11 is 6.27. The lowest BCUT2D eigenvalue weighted by Gasteiger charge is -2.34. The van der Waals surface area contributed by atoms with Crippen LogP contribution in [-0.4, -0.2) is 47.4 Å². The van der Waals surface area contributed by atoms with Crippen molar-refractivity contribution in [2.45, 2.75) is 51.1 Å². The summed E-state index contributed by atoms with van der Waals surface area (Å²) < 4.78 is 0. The molecule has 0 saturated carbocycles. The smallest absolute Gasteiger partial charge is 0.219 e. The number of amides is 1. The molecule has 2 fully saturated rings. The summed E-state index contributed by atoms with van der Waals surface area (Å²) in [6.45, 7) is 4.84. The summed E-state index contributed by atoms with van der Waals surface area (Å²) in [6.07, 6.45) is 5.77. The van der Waals surface area contributed by atoms with Crippen molar-refractivity contribution >= 4 is 17.5 Å². The minimum atomic E-state index is 0.237. The Morgan fingerprint density at radius 3 is 2.68 bits per heavy atom. The minimum absolute atomic E-state index is 0.237. The first kappa shape index (κ1) is 15.8. The third-order valence-electron chi connectivity index (χ3n) is 5.19. The zero-order chi connectivity index (χ0) is 15.5. The fourth-order valence-corrected chi connectivity index (χ4v) is 4.34. The van der Waals surface area contributed by atoms with E-state index in [9.17, 15) is 4.79 Å². The maximum atomic E-state index is 11.8. The van der Waals surface area contributed by atoms with Gasteiger partial charge in [0.2, 0.25) is 5.91 Å². The lowest BCUT2D eigenvalue weighted by molar-refractivity contribution is -0.130. The van der Waals surface area contributed by atoms with Gasteiger partial charge in [-0.1, -0.05) is 29.8 Å². The van der Waals surface area contributed by atoms with Crippen molar-refractivity contribution in [3.63, 3.8) is 0 Å². The van der Waals surface area contributed by atoms with Crippen LogP contribution in [0, 0.1) is 0 Å². The van der Waals surface area contributed by atoms with Gasteiger partial charge in [-0.05, 0) is 50.3 Å². The van der Waals surface area contributed by atoms with Crippen LogP contribution < -0.4 is 0 Å². The number of carbonyl (C=O) groups excluding carboxylic acids is 1. The van der Waals surface area contributed by atoms with Gasteiger partial charge in [0.15, 0.2) is 0 Å². The number of rotatable bonds is 4. The second-order valence-corrected chi connectivity index (χ2v) is 6.92. The topological polar surface area (TPSA) is 23.6 Å². The van der Waals surface area contributed by atoms with Gasteiger partial charge >= 0.3 is 0 Å². The second kappa shape index (κ2) is 7.01. The molecular formula is C18H25ClN2O. The van der Waals surface area contributed by atoms with Crippen LogP contribution in [0.5, 0.6) is 0 Å². The Morgan fingerprint density at radius 1 is 1.18 bits per heavy atom. The van der Waals surface area contributed by atoms with E-state index in [4.69, 9.17) is 11.6 Å². The molecule has 3 rings (SSSR count). The summed E-state index contributed by atoms with van der Waals surface area (Å²) in [5.74, 6) is 0.237. The predicted molar refractivity (Wildman–Crippen MR) is 90.2 cm³/mol. The summed E-state index contributed by atoms with van der Waals surface area (Å²) in [7, 11) is 0. The van der Waals surface area contributed by atoms with Crippen LogP contribution >= 0.6 is 11.6 Å². The van der Waals surface area contributed by atoms with E-state index in [-0.39, 0.29) is 5.91 Å². The Hall–Kier alpha value is -1.06. The van der Waals surface area contributed by atoms with Crippen molar-refractivity contribution in [3.8, 4) is 0 Å². The van der Waals surface area contributed by atoms with Crippen molar-refractivity contribution in [2.24, 2.45) is 0 Å². The highest BCUT2D eigenvalue weighted by Gasteiger charge is 2.38. The van der Waals surface area contributed by atoms with Gasteiger partial charge < -0.3 is 4.90 Å². The Morgan fingerprint density at radius 2 is 1.91 bits per heavy atom. The fraction of sp³-hybridized carbons (Fsp3) is 0.611. The average Bonchev–Trinajstić information content (AvgIpc) is 3.14. The van der Waals surface area contributed by atoms with E-state index in [1.165, 1.54) is 18.4 Å². The van der Waals surface area contributed by atoms with Gasteiger partial charge in [0, 0.05) is 37.1 Å². The minimum Gasteiger partial charge on any atom is -0.338 e. The lowest BCUT2D eigenvalue weighted by Crippen LogP contribution is -2.48. The zero-order valence-electron chi connectivity index (χ0n) is 13.3. The van der Waals surface area contributed by atoms with E-state index < -0.39 is 0 Å². The highest BCUT2D eigenvalue weighted by Crippen LogP contribution is 2.30. The van der Waals surface area contributed by atoms with Crippen LogP contribution in [0.25, 0.3) is 0 Å². The van der Waals surface area contributed by atoms with Gasteiger partial charge in [-0.2, -0.15) is 0 Å². The molecule has 0 bridgehead atoms. The number of carbonyl (C=O) groups is 1. The first-order valence-corrected chi connectivity index (χ1v) is 8.79. The molecule has 2 heterocycles. The average molecular weight is 321 g/mol. The van der Waals surface area contributed by atoms with Crippen molar-refractivity contribution in [1.29, 1.82) is 0 Å². The Bertz CT molecular complexity index is 534. The van der Waals surface area contributed by atoms with Gasteiger partial charge in [-0.3, -0.25) is 9.69 Å². The molecule has 0 unspecified atom stereocenters. The van der Waals surface area contributed by atoms with Crippen molar-refractivity contribution in [1.82, 2.24) is 9.80 Å². The molecule has 2 atom stereocenters. The molecule has 1 amide bonds. The molecule has 0 aliphatic carbocycles. The van der Waals surface area contributed by atoms with Gasteiger partial charge in [0.1, 0.15) is 0 Å². The van der Waals surface area contributed by atoms with E-state index >= 15 is 0 Å². The van der Waals surface area contributed by atoms with E-state index in [1.807, 2.05) is 12.1 Å². The molecule has 2 aliphatic rings. The third kappa shape index (κ3) is 3.31. The number of hydrogen-bond donors (Lipinski definition) is 0. The SMILES string of the molecule is CC(=O)N1CCC[C@@H]1[C@@H]1CCCN1CCc1ccccc1Cl. The molecule has 0 N–H and O–H groups in total. The van der Waals surface area contributed by atoms with E-state index in [0.717, 1.165) is 43.9 Å². The molecule has 2 aliphatic heterocycles.